The number of para-hydroxylation sites is 1. The summed E-state index contributed by atoms with van der Waals surface area (Å²) in [5.41, 5.74) is 0.641. The number of amides is 1. The number of piperazine rings is 1. The number of carbonyl (C=O) groups is 1. The number of halogens is 1. The van der Waals surface area contributed by atoms with E-state index in [0.29, 0.717) is 31.7 Å². The Hall–Kier alpha value is -2.72. The number of aliphatic hydroxyl groups is 1. The van der Waals surface area contributed by atoms with E-state index in [0.717, 1.165) is 16.6 Å². The Labute approximate surface area is 156 Å². The van der Waals surface area contributed by atoms with E-state index < -0.39 is 12.3 Å². The van der Waals surface area contributed by atoms with Crippen molar-refractivity contribution in [2.75, 3.05) is 37.7 Å². The van der Waals surface area contributed by atoms with Crippen LogP contribution in [0.2, 0.25) is 0 Å². The molecule has 7 heteroatoms. The van der Waals surface area contributed by atoms with Gasteiger partial charge in [0, 0.05) is 43.7 Å². The highest BCUT2D eigenvalue weighted by atomic mass is 19.1. The highest BCUT2D eigenvalue weighted by molar-refractivity contribution is 5.94. The van der Waals surface area contributed by atoms with E-state index in [1.165, 1.54) is 0 Å². The molecule has 2 fully saturated rings. The topological polar surface area (TPSA) is 80.5 Å². The zero-order chi connectivity index (χ0) is 19.0. The highest BCUT2D eigenvalue weighted by Crippen LogP contribution is 2.42. The first-order valence-electron chi connectivity index (χ1n) is 9.16. The molecule has 27 heavy (non-hydrogen) atoms. The van der Waals surface area contributed by atoms with E-state index in [9.17, 15) is 14.4 Å². The van der Waals surface area contributed by atoms with Crippen molar-refractivity contribution in [3.63, 3.8) is 0 Å². The van der Waals surface area contributed by atoms with E-state index in [2.05, 4.69) is 16.0 Å². The molecule has 2 aromatic rings. The zero-order valence-corrected chi connectivity index (χ0v) is 14.9. The summed E-state index contributed by atoms with van der Waals surface area (Å²) >= 11 is 0. The summed E-state index contributed by atoms with van der Waals surface area (Å²) in [6, 6.07) is 9.94. The monoisotopic (exact) mass is 368 g/mol. The SMILES string of the molecule is N#Cc1cnc2ccccc2c1N1CCN(C(=O)C2CC(F)(CO)C2)CC1. The second-order valence-corrected chi connectivity index (χ2v) is 7.38. The Morgan fingerprint density at radius 3 is 2.67 bits per heavy atom. The maximum Gasteiger partial charge on any atom is 0.226 e. The fourth-order valence-electron chi connectivity index (χ4n) is 4.09. The second kappa shape index (κ2) is 6.78. The van der Waals surface area contributed by atoms with E-state index in [4.69, 9.17) is 5.11 Å². The van der Waals surface area contributed by atoms with Gasteiger partial charge in [-0.05, 0) is 18.9 Å². The zero-order valence-electron chi connectivity index (χ0n) is 14.9. The number of pyridine rings is 1. The van der Waals surface area contributed by atoms with Crippen molar-refractivity contribution in [2.45, 2.75) is 18.5 Å². The molecular weight excluding hydrogens is 347 g/mol. The van der Waals surface area contributed by atoms with Crippen molar-refractivity contribution < 1.29 is 14.3 Å². The number of anilines is 1. The average Bonchev–Trinajstić information content (AvgIpc) is 2.70. The molecule has 0 spiro atoms. The molecule has 1 amide bonds. The molecule has 1 saturated carbocycles. The van der Waals surface area contributed by atoms with Crippen LogP contribution in [0.4, 0.5) is 10.1 Å². The third kappa shape index (κ3) is 3.10. The molecule has 2 aliphatic rings. The molecule has 0 atom stereocenters. The Morgan fingerprint density at radius 1 is 1.30 bits per heavy atom. The van der Waals surface area contributed by atoms with Gasteiger partial charge in [0.1, 0.15) is 11.7 Å². The number of carbonyl (C=O) groups excluding carboxylic acids is 1. The predicted molar refractivity (Wildman–Crippen MR) is 98.9 cm³/mol. The lowest BCUT2D eigenvalue weighted by Crippen LogP contribution is -2.55. The number of nitriles is 1. The fraction of sp³-hybridized carbons (Fsp3) is 0.450. The number of hydrogen-bond donors (Lipinski definition) is 1. The van der Waals surface area contributed by atoms with Crippen LogP contribution in [0.1, 0.15) is 18.4 Å². The minimum Gasteiger partial charge on any atom is -0.393 e. The first-order valence-corrected chi connectivity index (χ1v) is 9.16. The van der Waals surface area contributed by atoms with Crippen LogP contribution in [0.15, 0.2) is 30.5 Å². The summed E-state index contributed by atoms with van der Waals surface area (Å²) in [4.78, 5) is 20.8. The van der Waals surface area contributed by atoms with Crippen molar-refractivity contribution in [1.29, 1.82) is 5.26 Å². The smallest absolute Gasteiger partial charge is 0.226 e. The third-order valence-electron chi connectivity index (χ3n) is 5.63. The molecule has 2 heterocycles. The molecule has 1 aromatic carbocycles. The normalized spacial score (nSPS) is 25.1. The van der Waals surface area contributed by atoms with E-state index in [1.54, 1.807) is 11.1 Å². The molecule has 4 rings (SSSR count). The van der Waals surface area contributed by atoms with Gasteiger partial charge in [-0.15, -0.1) is 0 Å². The maximum atomic E-state index is 13.9. The molecule has 1 N–H and O–H groups in total. The first-order chi connectivity index (χ1) is 13.0. The summed E-state index contributed by atoms with van der Waals surface area (Å²) in [5.74, 6) is -0.360. The lowest BCUT2D eigenvalue weighted by molar-refractivity contribution is -0.147. The fourth-order valence-corrected chi connectivity index (χ4v) is 4.09. The van der Waals surface area contributed by atoms with Gasteiger partial charge in [-0.3, -0.25) is 9.78 Å². The number of benzene rings is 1. The summed E-state index contributed by atoms with van der Waals surface area (Å²) < 4.78 is 13.9. The number of rotatable bonds is 3. The van der Waals surface area contributed by atoms with Crippen LogP contribution < -0.4 is 4.90 Å². The summed E-state index contributed by atoms with van der Waals surface area (Å²) in [6.45, 7) is 1.78. The molecule has 0 unspecified atom stereocenters. The molecule has 6 nitrogen and oxygen atoms in total. The molecule has 1 aromatic heterocycles. The van der Waals surface area contributed by atoms with Gasteiger partial charge < -0.3 is 14.9 Å². The molecule has 1 saturated heterocycles. The first kappa shape index (κ1) is 17.7. The minimum atomic E-state index is -1.58. The van der Waals surface area contributed by atoms with Crippen LogP contribution in [0.3, 0.4) is 0 Å². The lowest BCUT2D eigenvalue weighted by Gasteiger charge is -2.43. The summed E-state index contributed by atoms with van der Waals surface area (Å²) in [7, 11) is 0. The third-order valence-corrected chi connectivity index (χ3v) is 5.63. The predicted octanol–water partition coefficient (Wildman–Crippen LogP) is 1.87. The number of alkyl halides is 1. The number of nitrogens with zero attached hydrogens (tertiary/aromatic N) is 4. The Balaban J connectivity index is 1.48. The van der Waals surface area contributed by atoms with Crippen molar-refractivity contribution in [3.8, 4) is 6.07 Å². The van der Waals surface area contributed by atoms with Crippen LogP contribution in [-0.2, 0) is 4.79 Å². The Morgan fingerprint density at radius 2 is 2.00 bits per heavy atom. The molecule has 140 valence electrons. The van der Waals surface area contributed by atoms with Crippen LogP contribution in [0.25, 0.3) is 10.9 Å². The van der Waals surface area contributed by atoms with Crippen LogP contribution in [-0.4, -0.2) is 59.4 Å². The van der Waals surface area contributed by atoms with Gasteiger partial charge in [-0.1, -0.05) is 18.2 Å². The van der Waals surface area contributed by atoms with E-state index in [-0.39, 0.29) is 24.7 Å². The van der Waals surface area contributed by atoms with Crippen LogP contribution in [0.5, 0.6) is 0 Å². The number of hydrogen-bond acceptors (Lipinski definition) is 5. The van der Waals surface area contributed by atoms with Crippen molar-refractivity contribution >= 4 is 22.5 Å². The van der Waals surface area contributed by atoms with Gasteiger partial charge >= 0.3 is 0 Å². The Kier molecular flexibility index (Phi) is 4.44. The maximum absolute atomic E-state index is 13.9. The quantitative estimate of drug-likeness (QED) is 0.895. The largest absolute Gasteiger partial charge is 0.393 e. The highest BCUT2D eigenvalue weighted by Gasteiger charge is 2.49. The molecule has 1 aliphatic carbocycles. The van der Waals surface area contributed by atoms with Crippen LogP contribution in [0, 0.1) is 17.2 Å². The lowest BCUT2D eigenvalue weighted by atomic mass is 9.72. The van der Waals surface area contributed by atoms with Crippen molar-refractivity contribution in [3.05, 3.63) is 36.0 Å². The van der Waals surface area contributed by atoms with Gasteiger partial charge in [0.2, 0.25) is 5.91 Å². The summed E-state index contributed by atoms with van der Waals surface area (Å²) in [5, 5.41) is 19.4. The Bertz CT molecular complexity index is 912. The van der Waals surface area contributed by atoms with E-state index >= 15 is 0 Å². The van der Waals surface area contributed by atoms with Gasteiger partial charge in [-0.25, -0.2) is 4.39 Å². The van der Waals surface area contributed by atoms with Crippen LogP contribution >= 0.6 is 0 Å². The van der Waals surface area contributed by atoms with Gasteiger partial charge in [0.25, 0.3) is 0 Å². The number of aliphatic hydroxyl groups excluding tert-OH is 1. The number of aromatic nitrogens is 1. The average molecular weight is 368 g/mol. The van der Waals surface area contributed by atoms with Crippen molar-refractivity contribution in [1.82, 2.24) is 9.88 Å². The molecule has 0 bridgehead atoms. The summed E-state index contributed by atoms with van der Waals surface area (Å²) in [6.07, 6.45) is 1.81. The molecule has 0 radical (unpaired) electrons. The number of fused-ring (bicyclic) bond motifs is 1. The van der Waals surface area contributed by atoms with Gasteiger partial charge in [-0.2, -0.15) is 5.26 Å². The standard InChI is InChI=1S/C20H21FN4O2/c21-20(13-26)9-14(10-20)19(27)25-7-5-24(6-8-25)18-15(11-22)12-23-17-4-2-1-3-16(17)18/h1-4,12,14,26H,5-10,13H2. The van der Waals surface area contributed by atoms with Crippen molar-refractivity contribution in [2.24, 2.45) is 5.92 Å². The minimum absolute atomic E-state index is 0.0310. The van der Waals surface area contributed by atoms with Gasteiger partial charge in [0.05, 0.1) is 23.4 Å². The van der Waals surface area contributed by atoms with Gasteiger partial charge in [0.15, 0.2) is 0 Å². The second-order valence-electron chi connectivity index (χ2n) is 7.38. The molecule has 1 aliphatic heterocycles. The van der Waals surface area contributed by atoms with E-state index in [1.807, 2.05) is 24.3 Å². The molecular formula is C20H21FN4O2.